The summed E-state index contributed by atoms with van der Waals surface area (Å²) in [5.41, 5.74) is 0.947. The molecule has 1 aromatic carbocycles. The molecule has 0 heterocycles. The molecule has 1 radical (unpaired) electrons. The van der Waals surface area contributed by atoms with E-state index < -0.39 is 0 Å². The molecule has 0 saturated carbocycles. The van der Waals surface area contributed by atoms with Gasteiger partial charge in [0.05, 0.1) is 0 Å². The summed E-state index contributed by atoms with van der Waals surface area (Å²) >= 11 is 0. The lowest BCUT2D eigenvalue weighted by molar-refractivity contribution is -0.114. The number of benzene rings is 1. The summed E-state index contributed by atoms with van der Waals surface area (Å²) in [6, 6.07) is 9.40. The smallest absolute Gasteiger partial charge is 0.259 e. The predicted molar refractivity (Wildman–Crippen MR) is 43.0 cm³/mol. The minimum absolute atomic E-state index is 0.270. The Morgan fingerprint density at radius 2 is 2.08 bits per heavy atom. The summed E-state index contributed by atoms with van der Waals surface area (Å²) in [6.07, 6.45) is 1.37. The lowest BCUT2D eigenvalue weighted by Crippen LogP contribution is -2.29. The highest BCUT2D eigenvalue weighted by Gasteiger charge is 1.95. The second-order valence-electron chi connectivity index (χ2n) is 2.18. The maximum absolute atomic E-state index is 9.88. The van der Waals surface area contributed by atoms with Gasteiger partial charge in [-0.05, 0) is 5.56 Å². The van der Waals surface area contributed by atoms with Crippen LogP contribution in [0.25, 0.3) is 0 Å². The van der Waals surface area contributed by atoms with Gasteiger partial charge in [0.15, 0.2) is 0 Å². The first-order chi connectivity index (χ1) is 5.83. The summed E-state index contributed by atoms with van der Waals surface area (Å²) in [4.78, 5) is 14.6. The van der Waals surface area contributed by atoms with E-state index in [1.54, 1.807) is 0 Å². The summed E-state index contributed by atoms with van der Waals surface area (Å²) < 4.78 is 0. The number of hydrogen-bond acceptors (Lipinski definition) is 3. The van der Waals surface area contributed by atoms with Crippen LogP contribution in [0, 0.1) is 0 Å². The Morgan fingerprint density at radius 1 is 1.42 bits per heavy atom. The van der Waals surface area contributed by atoms with Crippen molar-refractivity contribution in [1.82, 2.24) is 5.17 Å². The van der Waals surface area contributed by atoms with Crippen LogP contribution in [0.5, 0.6) is 0 Å². The van der Waals surface area contributed by atoms with E-state index in [0.717, 1.165) is 5.56 Å². The molecule has 0 fully saturated rings. The van der Waals surface area contributed by atoms with Crippen LogP contribution in [0.4, 0.5) is 0 Å². The molecule has 12 heavy (non-hydrogen) atoms. The van der Waals surface area contributed by atoms with Crippen LogP contribution in [0.15, 0.2) is 30.3 Å². The third-order valence-electron chi connectivity index (χ3n) is 1.30. The molecule has 2 N–H and O–H groups in total. The van der Waals surface area contributed by atoms with Gasteiger partial charge in [-0.15, -0.1) is 5.17 Å². The number of amides is 1. The Labute approximate surface area is 70.5 Å². The van der Waals surface area contributed by atoms with Gasteiger partial charge < -0.3 is 0 Å². The van der Waals surface area contributed by atoms with Gasteiger partial charge in [0.25, 0.3) is 0 Å². The highest BCUT2D eigenvalue weighted by molar-refractivity contribution is 5.44. The highest BCUT2D eigenvalue weighted by Crippen LogP contribution is 1.99. The zero-order chi connectivity index (χ0) is 8.81. The van der Waals surface area contributed by atoms with Crippen LogP contribution in [-0.2, 0) is 16.2 Å². The molecule has 0 spiro atoms. The van der Waals surface area contributed by atoms with Gasteiger partial charge in [0.1, 0.15) is 6.61 Å². The van der Waals surface area contributed by atoms with Crippen molar-refractivity contribution in [2.75, 3.05) is 0 Å². The van der Waals surface area contributed by atoms with Gasteiger partial charge in [0, 0.05) is 0 Å². The maximum Gasteiger partial charge on any atom is 0.354 e. The van der Waals surface area contributed by atoms with Gasteiger partial charge in [-0.2, -0.15) is 0 Å². The fourth-order valence-corrected chi connectivity index (χ4v) is 0.745. The molecule has 0 unspecified atom stereocenters. The van der Waals surface area contributed by atoms with Crippen molar-refractivity contribution in [2.45, 2.75) is 6.61 Å². The SMILES string of the molecule is NN([C]=O)OCc1ccccc1. The molecule has 0 atom stereocenters. The Hall–Kier alpha value is -1.39. The van der Waals surface area contributed by atoms with Crippen molar-refractivity contribution in [3.8, 4) is 0 Å². The molecular weight excluding hydrogens is 156 g/mol. The van der Waals surface area contributed by atoms with Gasteiger partial charge >= 0.3 is 6.41 Å². The van der Waals surface area contributed by atoms with Gasteiger partial charge in [-0.25, -0.2) is 5.84 Å². The zero-order valence-corrected chi connectivity index (χ0v) is 6.43. The fourth-order valence-electron chi connectivity index (χ4n) is 0.745. The number of hydroxylamine groups is 1. The number of hydrogen-bond donors (Lipinski definition) is 1. The van der Waals surface area contributed by atoms with E-state index in [1.807, 2.05) is 30.3 Å². The van der Waals surface area contributed by atoms with Crippen LogP contribution in [-0.4, -0.2) is 11.6 Å². The van der Waals surface area contributed by atoms with E-state index in [4.69, 9.17) is 10.7 Å². The molecule has 0 aromatic heterocycles. The number of hydrazine groups is 1. The quantitative estimate of drug-likeness (QED) is 0.303. The summed E-state index contributed by atoms with van der Waals surface area (Å²) in [5, 5.41) is 0.521. The molecule has 0 aliphatic carbocycles. The van der Waals surface area contributed by atoms with Crippen LogP contribution in [0.2, 0.25) is 0 Å². The monoisotopic (exact) mass is 165 g/mol. The first kappa shape index (κ1) is 8.70. The van der Waals surface area contributed by atoms with Crippen LogP contribution in [0.3, 0.4) is 0 Å². The second-order valence-corrected chi connectivity index (χ2v) is 2.18. The average molecular weight is 165 g/mol. The number of rotatable bonds is 4. The van der Waals surface area contributed by atoms with Crippen molar-refractivity contribution >= 4 is 6.41 Å². The fraction of sp³-hybridized carbons (Fsp3) is 0.125. The maximum atomic E-state index is 9.88. The molecule has 1 amide bonds. The lowest BCUT2D eigenvalue weighted by atomic mass is 10.2. The van der Waals surface area contributed by atoms with Crippen molar-refractivity contribution in [1.29, 1.82) is 0 Å². The molecule has 1 rings (SSSR count). The van der Waals surface area contributed by atoms with Gasteiger partial charge in [-0.1, -0.05) is 30.3 Å². The van der Waals surface area contributed by atoms with E-state index in [2.05, 4.69) is 0 Å². The Kier molecular flexibility index (Phi) is 3.25. The van der Waals surface area contributed by atoms with E-state index in [9.17, 15) is 4.79 Å². The van der Waals surface area contributed by atoms with Gasteiger partial charge in [0.2, 0.25) is 0 Å². The molecule has 0 bridgehead atoms. The van der Waals surface area contributed by atoms with Crippen LogP contribution < -0.4 is 5.84 Å². The third kappa shape index (κ3) is 2.69. The highest BCUT2D eigenvalue weighted by atomic mass is 16.7. The van der Waals surface area contributed by atoms with Crippen molar-refractivity contribution in [3.05, 3.63) is 35.9 Å². The van der Waals surface area contributed by atoms with Crippen molar-refractivity contribution in [2.24, 2.45) is 5.84 Å². The molecule has 63 valence electrons. The third-order valence-corrected chi connectivity index (χ3v) is 1.30. The standard InChI is InChI=1S/C8H9N2O2/c9-10(7-11)12-6-8-4-2-1-3-5-8/h1-5H,6,9H2. The molecule has 4 heteroatoms. The van der Waals surface area contributed by atoms with Crippen molar-refractivity contribution in [3.63, 3.8) is 0 Å². The van der Waals surface area contributed by atoms with E-state index in [1.165, 1.54) is 6.41 Å². The van der Waals surface area contributed by atoms with E-state index in [0.29, 0.717) is 5.17 Å². The first-order valence-corrected chi connectivity index (χ1v) is 3.42. The first-order valence-electron chi connectivity index (χ1n) is 3.42. The normalized spacial score (nSPS) is 9.42. The topological polar surface area (TPSA) is 55.6 Å². The Balaban J connectivity index is 2.38. The molecule has 1 aromatic rings. The molecule has 0 aliphatic heterocycles. The Morgan fingerprint density at radius 3 is 2.67 bits per heavy atom. The summed E-state index contributed by atoms with van der Waals surface area (Å²) in [5.74, 6) is 5.01. The van der Waals surface area contributed by atoms with Crippen molar-refractivity contribution < 1.29 is 9.63 Å². The van der Waals surface area contributed by atoms with Crippen LogP contribution >= 0.6 is 0 Å². The molecule has 4 nitrogen and oxygen atoms in total. The van der Waals surface area contributed by atoms with E-state index >= 15 is 0 Å². The number of carbonyl (C=O) groups excluding carboxylic acids is 1. The molecule has 0 saturated heterocycles. The van der Waals surface area contributed by atoms with E-state index in [-0.39, 0.29) is 6.61 Å². The number of nitrogens with zero attached hydrogens (tertiary/aromatic N) is 1. The minimum atomic E-state index is 0.270. The molecule has 0 aliphatic rings. The molecular formula is C8H9N2O2. The zero-order valence-electron chi connectivity index (χ0n) is 6.43. The Bertz CT molecular complexity index is 238. The number of nitrogens with two attached hydrogens (primary N) is 1. The summed E-state index contributed by atoms with van der Waals surface area (Å²) in [6.45, 7) is 0.270. The largest absolute Gasteiger partial charge is 0.354 e. The minimum Gasteiger partial charge on any atom is -0.259 e. The predicted octanol–water partition coefficient (Wildman–Crippen LogP) is 0.361. The summed E-state index contributed by atoms with van der Waals surface area (Å²) in [7, 11) is 0. The van der Waals surface area contributed by atoms with Crippen LogP contribution in [0.1, 0.15) is 5.56 Å². The van der Waals surface area contributed by atoms with Gasteiger partial charge in [-0.3, -0.25) is 9.63 Å². The second kappa shape index (κ2) is 4.48. The average Bonchev–Trinajstić information content (AvgIpc) is 2.16. The lowest BCUT2D eigenvalue weighted by Gasteiger charge is -2.07.